The highest BCUT2D eigenvalue weighted by atomic mass is 14.7. The molecule has 0 atom stereocenters. The van der Waals surface area contributed by atoms with E-state index in [0.29, 0.717) is 0 Å². The lowest BCUT2D eigenvalue weighted by atomic mass is 10.1. The van der Waals surface area contributed by atoms with Crippen molar-refractivity contribution in [2.24, 2.45) is 4.99 Å². The highest BCUT2D eigenvalue weighted by molar-refractivity contribution is 5.79. The van der Waals surface area contributed by atoms with Gasteiger partial charge in [0.25, 0.3) is 0 Å². The first-order valence-electron chi connectivity index (χ1n) is 5.05. The summed E-state index contributed by atoms with van der Waals surface area (Å²) in [6.07, 6.45) is 13.1. The van der Waals surface area contributed by atoms with Crippen LogP contribution in [0.25, 0.3) is 0 Å². The third-order valence-electron chi connectivity index (χ3n) is 2.17. The number of rotatable bonds is 2. The molecule has 1 heteroatoms. The highest BCUT2D eigenvalue weighted by Crippen LogP contribution is 2.09. The van der Waals surface area contributed by atoms with Crippen molar-refractivity contribution in [1.82, 2.24) is 0 Å². The first-order valence-corrected chi connectivity index (χ1v) is 5.05. The minimum absolute atomic E-state index is 0.975. The van der Waals surface area contributed by atoms with Crippen LogP contribution in [0.15, 0.2) is 71.4 Å². The second kappa shape index (κ2) is 5.11. The standard InChI is InChI=1S/C14H13N/c1-3-7-13(8-4-1)11-15-12-14-9-5-2-6-10-14/h1-9,11-12H,10H2/b14-12-,15-11?. The fourth-order valence-electron chi connectivity index (χ4n) is 1.38. The van der Waals surface area contributed by atoms with Crippen molar-refractivity contribution in [3.63, 3.8) is 0 Å². The number of aliphatic imine (C=N–C) groups is 1. The second-order valence-corrected chi connectivity index (χ2v) is 3.38. The maximum absolute atomic E-state index is 4.29. The summed E-state index contributed by atoms with van der Waals surface area (Å²) in [5, 5.41) is 0. The molecule has 1 nitrogen and oxygen atoms in total. The molecule has 1 aromatic carbocycles. The maximum Gasteiger partial charge on any atom is 0.0340 e. The van der Waals surface area contributed by atoms with Crippen LogP contribution in [0.1, 0.15) is 12.0 Å². The Morgan fingerprint density at radius 1 is 1.07 bits per heavy atom. The van der Waals surface area contributed by atoms with Crippen molar-refractivity contribution in [2.75, 3.05) is 0 Å². The number of benzene rings is 1. The van der Waals surface area contributed by atoms with Crippen LogP contribution in [-0.2, 0) is 0 Å². The Balaban J connectivity index is 2.01. The molecule has 0 radical (unpaired) electrons. The smallest absolute Gasteiger partial charge is 0.0340 e. The van der Waals surface area contributed by atoms with Gasteiger partial charge < -0.3 is 0 Å². The second-order valence-electron chi connectivity index (χ2n) is 3.38. The minimum atomic E-state index is 0.975. The summed E-state index contributed by atoms with van der Waals surface area (Å²) in [6.45, 7) is 0. The lowest BCUT2D eigenvalue weighted by molar-refractivity contribution is 1.24. The number of nitrogens with zero attached hydrogens (tertiary/aromatic N) is 1. The van der Waals surface area contributed by atoms with Crippen molar-refractivity contribution >= 4 is 6.21 Å². The molecule has 15 heavy (non-hydrogen) atoms. The zero-order chi connectivity index (χ0) is 10.3. The van der Waals surface area contributed by atoms with E-state index in [1.807, 2.05) is 48.8 Å². The number of hydrogen-bond donors (Lipinski definition) is 0. The maximum atomic E-state index is 4.29. The van der Waals surface area contributed by atoms with Crippen LogP contribution in [0.5, 0.6) is 0 Å². The van der Waals surface area contributed by atoms with Gasteiger partial charge in [-0.05, 0) is 17.6 Å². The van der Waals surface area contributed by atoms with Crippen LogP contribution in [0.4, 0.5) is 0 Å². The van der Waals surface area contributed by atoms with Gasteiger partial charge in [0, 0.05) is 12.4 Å². The Labute approximate surface area is 90.2 Å². The van der Waals surface area contributed by atoms with Crippen LogP contribution in [0, 0.1) is 0 Å². The lowest BCUT2D eigenvalue weighted by Gasteiger charge is -1.98. The van der Waals surface area contributed by atoms with E-state index in [0.717, 1.165) is 12.0 Å². The fraction of sp³-hybridized carbons (Fsp3) is 0.0714. The Bertz CT molecular complexity index is 422. The van der Waals surface area contributed by atoms with Gasteiger partial charge in [0.15, 0.2) is 0 Å². The zero-order valence-corrected chi connectivity index (χ0v) is 8.51. The van der Waals surface area contributed by atoms with Gasteiger partial charge in [-0.1, -0.05) is 54.6 Å². The molecule has 1 aromatic rings. The van der Waals surface area contributed by atoms with Gasteiger partial charge in [-0.15, -0.1) is 0 Å². The fourth-order valence-corrected chi connectivity index (χ4v) is 1.38. The van der Waals surface area contributed by atoms with E-state index in [1.165, 1.54) is 5.57 Å². The Kier molecular flexibility index (Phi) is 3.29. The average Bonchev–Trinajstić information content (AvgIpc) is 2.32. The predicted octanol–water partition coefficient (Wildman–Crippen LogP) is 3.51. The molecule has 0 amide bonds. The third-order valence-corrected chi connectivity index (χ3v) is 2.17. The lowest BCUT2D eigenvalue weighted by Crippen LogP contribution is -1.81. The average molecular weight is 195 g/mol. The van der Waals surface area contributed by atoms with Gasteiger partial charge in [0.05, 0.1) is 0 Å². The topological polar surface area (TPSA) is 12.4 Å². The van der Waals surface area contributed by atoms with Crippen molar-refractivity contribution in [1.29, 1.82) is 0 Å². The van der Waals surface area contributed by atoms with Gasteiger partial charge in [-0.25, -0.2) is 0 Å². The van der Waals surface area contributed by atoms with Crippen LogP contribution in [-0.4, -0.2) is 6.21 Å². The molecule has 0 N–H and O–H groups in total. The molecular weight excluding hydrogens is 182 g/mol. The van der Waals surface area contributed by atoms with Gasteiger partial charge >= 0.3 is 0 Å². The van der Waals surface area contributed by atoms with Gasteiger partial charge in [0.1, 0.15) is 0 Å². The Morgan fingerprint density at radius 2 is 1.93 bits per heavy atom. The normalized spacial score (nSPS) is 17.7. The molecule has 0 unspecified atom stereocenters. The minimum Gasteiger partial charge on any atom is -0.264 e. The highest BCUT2D eigenvalue weighted by Gasteiger charge is 1.90. The molecule has 0 aromatic heterocycles. The molecule has 74 valence electrons. The van der Waals surface area contributed by atoms with E-state index in [1.54, 1.807) is 0 Å². The molecule has 0 fully saturated rings. The van der Waals surface area contributed by atoms with Crippen molar-refractivity contribution in [2.45, 2.75) is 6.42 Å². The first kappa shape index (κ1) is 9.66. The first-order chi connectivity index (χ1) is 7.45. The largest absolute Gasteiger partial charge is 0.264 e. The van der Waals surface area contributed by atoms with E-state index >= 15 is 0 Å². The van der Waals surface area contributed by atoms with Gasteiger partial charge in [-0.2, -0.15) is 0 Å². The molecular formula is C14H13N. The molecule has 0 bridgehead atoms. The van der Waals surface area contributed by atoms with Crippen LogP contribution in [0.3, 0.4) is 0 Å². The van der Waals surface area contributed by atoms with Gasteiger partial charge in [-0.3, -0.25) is 4.99 Å². The SMILES string of the molecule is C1=CC/C(=C\N=Cc2ccccc2)C=C1. The van der Waals surface area contributed by atoms with E-state index in [-0.39, 0.29) is 0 Å². The van der Waals surface area contributed by atoms with Gasteiger partial charge in [0.2, 0.25) is 0 Å². The summed E-state index contributed by atoms with van der Waals surface area (Å²) >= 11 is 0. The van der Waals surface area contributed by atoms with Crippen molar-refractivity contribution in [3.8, 4) is 0 Å². The van der Waals surface area contributed by atoms with E-state index in [2.05, 4.69) is 23.2 Å². The summed E-state index contributed by atoms with van der Waals surface area (Å²) < 4.78 is 0. The Hall–Kier alpha value is -1.89. The molecule has 1 aliphatic rings. The molecule has 0 saturated carbocycles. The predicted molar refractivity (Wildman–Crippen MR) is 65.0 cm³/mol. The van der Waals surface area contributed by atoms with Crippen molar-refractivity contribution in [3.05, 3.63) is 72.0 Å². The molecule has 0 aliphatic heterocycles. The Morgan fingerprint density at radius 3 is 2.67 bits per heavy atom. The van der Waals surface area contributed by atoms with Crippen LogP contribution in [0.2, 0.25) is 0 Å². The van der Waals surface area contributed by atoms with E-state index in [4.69, 9.17) is 0 Å². The number of hydrogen-bond acceptors (Lipinski definition) is 1. The quantitative estimate of drug-likeness (QED) is 0.640. The molecule has 0 saturated heterocycles. The number of allylic oxidation sites excluding steroid dienone is 5. The summed E-state index contributed by atoms with van der Waals surface area (Å²) in [5.74, 6) is 0. The summed E-state index contributed by atoms with van der Waals surface area (Å²) in [7, 11) is 0. The molecule has 0 heterocycles. The molecule has 1 aliphatic carbocycles. The van der Waals surface area contributed by atoms with E-state index in [9.17, 15) is 0 Å². The zero-order valence-electron chi connectivity index (χ0n) is 8.51. The van der Waals surface area contributed by atoms with Crippen molar-refractivity contribution < 1.29 is 0 Å². The summed E-state index contributed by atoms with van der Waals surface area (Å²) in [5.41, 5.74) is 2.37. The summed E-state index contributed by atoms with van der Waals surface area (Å²) in [6, 6.07) is 10.1. The monoisotopic (exact) mass is 195 g/mol. The van der Waals surface area contributed by atoms with E-state index < -0.39 is 0 Å². The third kappa shape index (κ3) is 3.06. The van der Waals surface area contributed by atoms with Crippen LogP contribution >= 0.6 is 0 Å². The summed E-state index contributed by atoms with van der Waals surface area (Å²) in [4.78, 5) is 4.29. The molecule has 2 rings (SSSR count). The van der Waals surface area contributed by atoms with Crippen LogP contribution < -0.4 is 0 Å². The molecule has 0 spiro atoms.